The van der Waals surface area contributed by atoms with Crippen molar-refractivity contribution in [2.75, 3.05) is 5.73 Å². The molecule has 0 unspecified atom stereocenters. The zero-order chi connectivity index (χ0) is 21.6. The van der Waals surface area contributed by atoms with E-state index in [1.54, 1.807) is 58.9 Å². The normalized spacial score (nSPS) is 13.9. The molecule has 29 heavy (non-hydrogen) atoms. The largest absolute Gasteiger partial charge is 0.459 e. The standard InChI is InChI=1S/C21H26N2O5S/c1-12(2)19(20(24)28-21(3,4)5)23-29(25,26)14-7-9-17-16(11-14)15-8-6-13(22)10-18(15)27-17/h6-12,19,23H,22H2,1-5H3/t19-/m0/s1. The lowest BCUT2D eigenvalue weighted by atomic mass is 10.1. The molecule has 1 atom stereocenters. The maximum Gasteiger partial charge on any atom is 0.324 e. The quantitative estimate of drug-likeness (QED) is 0.481. The van der Waals surface area contributed by atoms with Gasteiger partial charge in [0.15, 0.2) is 0 Å². The summed E-state index contributed by atoms with van der Waals surface area (Å²) in [5.74, 6) is -0.900. The molecule has 1 aromatic heterocycles. The number of anilines is 1. The second-order valence-electron chi connectivity index (χ2n) is 8.39. The number of carbonyl (C=O) groups is 1. The maximum atomic E-state index is 13.0. The highest BCUT2D eigenvalue weighted by atomic mass is 32.2. The molecule has 0 spiro atoms. The number of carbonyl (C=O) groups excluding carboxylic acids is 1. The Labute approximate surface area is 170 Å². The fourth-order valence-corrected chi connectivity index (χ4v) is 4.36. The highest BCUT2D eigenvalue weighted by Gasteiger charge is 2.32. The molecule has 0 amide bonds. The molecule has 3 N–H and O–H groups in total. The van der Waals surface area contributed by atoms with Gasteiger partial charge in [0.25, 0.3) is 0 Å². The minimum atomic E-state index is -3.97. The molecule has 8 heteroatoms. The van der Waals surface area contributed by atoms with Crippen LogP contribution in [0.1, 0.15) is 34.6 Å². The minimum Gasteiger partial charge on any atom is -0.459 e. The summed E-state index contributed by atoms with van der Waals surface area (Å²) in [6.45, 7) is 8.73. The van der Waals surface area contributed by atoms with E-state index in [0.29, 0.717) is 22.2 Å². The van der Waals surface area contributed by atoms with E-state index < -0.39 is 27.6 Å². The predicted octanol–water partition coefficient (Wildman–Crippen LogP) is 3.81. The van der Waals surface area contributed by atoms with Gasteiger partial charge in [-0.2, -0.15) is 4.72 Å². The lowest BCUT2D eigenvalue weighted by molar-refractivity contribution is -0.158. The molecule has 0 aliphatic rings. The zero-order valence-corrected chi connectivity index (χ0v) is 18.0. The summed E-state index contributed by atoms with van der Waals surface area (Å²) in [6, 6.07) is 8.79. The molecule has 1 heterocycles. The van der Waals surface area contributed by atoms with Gasteiger partial charge in [-0.25, -0.2) is 8.42 Å². The molecule has 3 rings (SSSR count). The smallest absolute Gasteiger partial charge is 0.324 e. The minimum absolute atomic E-state index is 0.0405. The van der Waals surface area contributed by atoms with Gasteiger partial charge < -0.3 is 14.9 Å². The zero-order valence-electron chi connectivity index (χ0n) is 17.1. The van der Waals surface area contributed by atoms with Gasteiger partial charge in [0.1, 0.15) is 22.8 Å². The molecule has 0 bridgehead atoms. The summed E-state index contributed by atoms with van der Waals surface area (Å²) >= 11 is 0. The number of nitrogens with one attached hydrogen (secondary N) is 1. The summed E-state index contributed by atoms with van der Waals surface area (Å²) in [5, 5.41) is 1.42. The molecule has 0 saturated heterocycles. The summed E-state index contributed by atoms with van der Waals surface area (Å²) in [7, 11) is -3.97. The Hall–Kier alpha value is -2.58. The number of esters is 1. The number of ether oxygens (including phenoxy) is 1. The van der Waals surface area contributed by atoms with Crippen molar-refractivity contribution >= 4 is 43.6 Å². The van der Waals surface area contributed by atoms with E-state index in [-0.39, 0.29) is 10.8 Å². The summed E-state index contributed by atoms with van der Waals surface area (Å²) in [6.07, 6.45) is 0. The number of fused-ring (bicyclic) bond motifs is 3. The van der Waals surface area contributed by atoms with Gasteiger partial charge in [0, 0.05) is 22.5 Å². The van der Waals surface area contributed by atoms with E-state index in [0.717, 1.165) is 5.39 Å². The second kappa shape index (κ2) is 7.35. The number of benzene rings is 2. The number of hydrogen-bond donors (Lipinski definition) is 2. The molecule has 7 nitrogen and oxygen atoms in total. The fourth-order valence-electron chi connectivity index (χ4n) is 3.00. The van der Waals surface area contributed by atoms with Crippen LogP contribution in [0, 0.1) is 5.92 Å². The lowest BCUT2D eigenvalue weighted by Gasteiger charge is -2.26. The Kier molecular flexibility index (Phi) is 5.36. The van der Waals surface area contributed by atoms with Crippen molar-refractivity contribution in [3.05, 3.63) is 36.4 Å². The molecule has 0 fully saturated rings. The second-order valence-corrected chi connectivity index (χ2v) is 10.1. The van der Waals surface area contributed by atoms with Crippen LogP contribution in [-0.2, 0) is 19.6 Å². The number of sulfonamides is 1. The van der Waals surface area contributed by atoms with Crippen LogP contribution in [0.3, 0.4) is 0 Å². The molecule has 3 aromatic rings. The molecule has 156 valence electrons. The van der Waals surface area contributed by atoms with Crippen molar-refractivity contribution in [1.29, 1.82) is 0 Å². The summed E-state index contributed by atoms with van der Waals surface area (Å²) in [4.78, 5) is 12.6. The Balaban J connectivity index is 1.98. The van der Waals surface area contributed by atoms with Crippen LogP contribution < -0.4 is 10.5 Å². The average Bonchev–Trinajstić information content (AvgIpc) is 2.94. The predicted molar refractivity (Wildman–Crippen MR) is 113 cm³/mol. The Morgan fingerprint density at radius 2 is 1.76 bits per heavy atom. The topological polar surface area (TPSA) is 112 Å². The van der Waals surface area contributed by atoms with Gasteiger partial charge in [0.05, 0.1) is 4.90 Å². The fraction of sp³-hybridized carbons (Fsp3) is 0.381. The summed E-state index contributed by atoms with van der Waals surface area (Å²) < 4.78 is 39.6. The average molecular weight is 419 g/mol. The van der Waals surface area contributed by atoms with E-state index >= 15 is 0 Å². The van der Waals surface area contributed by atoms with E-state index in [2.05, 4.69) is 4.72 Å². The first kappa shape index (κ1) is 21.1. The maximum absolute atomic E-state index is 13.0. The lowest BCUT2D eigenvalue weighted by Crippen LogP contribution is -2.47. The van der Waals surface area contributed by atoms with Crippen molar-refractivity contribution < 1.29 is 22.4 Å². The Morgan fingerprint density at radius 3 is 2.38 bits per heavy atom. The first-order valence-corrected chi connectivity index (χ1v) is 10.8. The van der Waals surface area contributed by atoms with Crippen LogP contribution >= 0.6 is 0 Å². The van der Waals surface area contributed by atoms with E-state index in [1.807, 2.05) is 0 Å². The molecular weight excluding hydrogens is 392 g/mol. The third kappa shape index (κ3) is 4.54. The SMILES string of the molecule is CC(C)[C@H](NS(=O)(=O)c1ccc2oc3cc(N)ccc3c2c1)C(=O)OC(C)(C)C. The summed E-state index contributed by atoms with van der Waals surface area (Å²) in [5.41, 5.74) is 6.77. The van der Waals surface area contributed by atoms with Gasteiger partial charge in [-0.1, -0.05) is 13.8 Å². The third-order valence-electron chi connectivity index (χ3n) is 4.39. The Morgan fingerprint density at radius 1 is 1.07 bits per heavy atom. The van der Waals surface area contributed by atoms with Crippen molar-refractivity contribution in [3.63, 3.8) is 0 Å². The van der Waals surface area contributed by atoms with E-state index in [1.165, 1.54) is 12.1 Å². The number of furan rings is 1. The van der Waals surface area contributed by atoms with Crippen molar-refractivity contribution in [1.82, 2.24) is 4.72 Å². The van der Waals surface area contributed by atoms with E-state index in [9.17, 15) is 13.2 Å². The number of nitrogen functional groups attached to an aromatic ring is 1. The van der Waals surface area contributed by atoms with Crippen LogP contribution in [0.4, 0.5) is 5.69 Å². The van der Waals surface area contributed by atoms with Gasteiger partial charge in [-0.15, -0.1) is 0 Å². The first-order valence-electron chi connectivity index (χ1n) is 9.34. The van der Waals surface area contributed by atoms with Crippen LogP contribution in [-0.4, -0.2) is 26.0 Å². The number of rotatable bonds is 5. The molecule has 0 radical (unpaired) electrons. The molecular formula is C21H26N2O5S. The molecule has 0 saturated carbocycles. The van der Waals surface area contributed by atoms with Gasteiger partial charge in [0.2, 0.25) is 10.0 Å². The van der Waals surface area contributed by atoms with Crippen molar-refractivity contribution in [2.45, 2.75) is 51.2 Å². The molecule has 2 aromatic carbocycles. The van der Waals surface area contributed by atoms with Crippen LogP contribution in [0.5, 0.6) is 0 Å². The monoisotopic (exact) mass is 418 g/mol. The van der Waals surface area contributed by atoms with Gasteiger partial charge >= 0.3 is 5.97 Å². The number of hydrogen-bond acceptors (Lipinski definition) is 6. The highest BCUT2D eigenvalue weighted by Crippen LogP contribution is 2.31. The van der Waals surface area contributed by atoms with Gasteiger partial charge in [-0.3, -0.25) is 4.79 Å². The van der Waals surface area contributed by atoms with E-state index in [4.69, 9.17) is 14.9 Å². The first-order chi connectivity index (χ1) is 13.4. The highest BCUT2D eigenvalue weighted by molar-refractivity contribution is 7.89. The van der Waals surface area contributed by atoms with Crippen LogP contribution in [0.2, 0.25) is 0 Å². The molecule has 0 aliphatic carbocycles. The van der Waals surface area contributed by atoms with Gasteiger partial charge in [-0.05, 0) is 57.0 Å². The van der Waals surface area contributed by atoms with Crippen molar-refractivity contribution in [3.8, 4) is 0 Å². The molecule has 0 aliphatic heterocycles. The van der Waals surface area contributed by atoms with Crippen LogP contribution in [0.15, 0.2) is 45.7 Å². The number of nitrogens with two attached hydrogens (primary N) is 1. The van der Waals surface area contributed by atoms with Crippen molar-refractivity contribution in [2.24, 2.45) is 5.92 Å². The van der Waals surface area contributed by atoms with Crippen LogP contribution in [0.25, 0.3) is 21.9 Å². The Bertz CT molecular complexity index is 1170. The third-order valence-corrected chi connectivity index (χ3v) is 5.83.